The van der Waals surface area contributed by atoms with Gasteiger partial charge in [0.25, 0.3) is 0 Å². The van der Waals surface area contributed by atoms with Crippen molar-refractivity contribution in [2.75, 3.05) is 46.8 Å². The molecule has 39 heavy (non-hydrogen) atoms. The highest BCUT2D eigenvalue weighted by Gasteiger charge is 2.44. The number of ether oxygens (including phenoxy) is 1. The Morgan fingerprint density at radius 1 is 1.10 bits per heavy atom. The van der Waals surface area contributed by atoms with Crippen LogP contribution in [0.15, 0.2) is 47.8 Å². The predicted octanol–water partition coefficient (Wildman–Crippen LogP) is 2.92. The number of likely N-dealkylation sites (tertiary alicyclic amines) is 1. The van der Waals surface area contributed by atoms with Crippen LogP contribution < -0.4 is 10.6 Å². The SMILES string of the molecule is CN(C)CCCC1CCCN(C(=O)OCc2ccccc2)C1C(=O)N1CCNCC1C(=O)NCc1cccs1. The number of thiophene rings is 1. The van der Waals surface area contributed by atoms with Crippen LogP contribution in [0.1, 0.15) is 36.1 Å². The topological polar surface area (TPSA) is 94.2 Å². The van der Waals surface area contributed by atoms with Crippen LogP contribution in [0, 0.1) is 5.92 Å². The Bertz CT molecular complexity index is 1060. The zero-order valence-electron chi connectivity index (χ0n) is 23.0. The summed E-state index contributed by atoms with van der Waals surface area (Å²) in [6, 6.07) is 12.2. The second-order valence-electron chi connectivity index (χ2n) is 10.6. The number of hydrogen-bond donors (Lipinski definition) is 2. The van der Waals surface area contributed by atoms with Crippen molar-refractivity contribution >= 4 is 29.2 Å². The van der Waals surface area contributed by atoms with E-state index in [0.29, 0.717) is 32.7 Å². The fourth-order valence-electron chi connectivity index (χ4n) is 5.47. The summed E-state index contributed by atoms with van der Waals surface area (Å²) in [4.78, 5) is 47.4. The number of amides is 3. The van der Waals surface area contributed by atoms with Gasteiger partial charge in [0.2, 0.25) is 11.8 Å². The molecule has 2 saturated heterocycles. The van der Waals surface area contributed by atoms with Gasteiger partial charge in [0.15, 0.2) is 0 Å². The van der Waals surface area contributed by atoms with E-state index < -0.39 is 18.2 Å². The summed E-state index contributed by atoms with van der Waals surface area (Å²) in [6.07, 6.45) is 2.99. The number of rotatable bonds is 10. The van der Waals surface area contributed by atoms with Gasteiger partial charge in [-0.3, -0.25) is 14.5 Å². The maximum absolute atomic E-state index is 14.3. The van der Waals surface area contributed by atoms with Gasteiger partial charge in [-0.25, -0.2) is 4.79 Å². The van der Waals surface area contributed by atoms with E-state index in [-0.39, 0.29) is 24.3 Å². The lowest BCUT2D eigenvalue weighted by Gasteiger charge is -2.44. The van der Waals surface area contributed by atoms with Gasteiger partial charge in [0.05, 0.1) is 6.54 Å². The molecular weight excluding hydrogens is 514 g/mol. The van der Waals surface area contributed by atoms with E-state index in [9.17, 15) is 14.4 Å². The van der Waals surface area contributed by atoms with Crippen LogP contribution in [0.25, 0.3) is 0 Å². The first kappa shape index (κ1) is 29.0. The van der Waals surface area contributed by atoms with E-state index in [0.717, 1.165) is 42.7 Å². The normalized spacial score (nSPS) is 21.6. The van der Waals surface area contributed by atoms with Crippen molar-refractivity contribution in [3.8, 4) is 0 Å². The van der Waals surface area contributed by atoms with E-state index in [1.165, 1.54) is 0 Å². The number of carbonyl (C=O) groups excluding carboxylic acids is 3. The number of nitrogens with one attached hydrogen (secondary N) is 2. The predicted molar refractivity (Wildman–Crippen MR) is 152 cm³/mol. The fourth-order valence-corrected chi connectivity index (χ4v) is 6.11. The highest BCUT2D eigenvalue weighted by molar-refractivity contribution is 7.09. The smallest absolute Gasteiger partial charge is 0.410 e. The molecule has 2 aliphatic heterocycles. The molecule has 212 valence electrons. The van der Waals surface area contributed by atoms with E-state index in [4.69, 9.17) is 4.74 Å². The third-order valence-electron chi connectivity index (χ3n) is 7.48. The van der Waals surface area contributed by atoms with E-state index >= 15 is 0 Å². The Morgan fingerprint density at radius 3 is 2.67 bits per heavy atom. The van der Waals surface area contributed by atoms with E-state index in [2.05, 4.69) is 15.5 Å². The van der Waals surface area contributed by atoms with Crippen molar-refractivity contribution in [3.63, 3.8) is 0 Å². The number of piperidine rings is 1. The van der Waals surface area contributed by atoms with Crippen LogP contribution in [0.4, 0.5) is 4.79 Å². The number of piperazine rings is 1. The Hall–Kier alpha value is -2.95. The highest BCUT2D eigenvalue weighted by Crippen LogP contribution is 2.31. The van der Waals surface area contributed by atoms with Crippen LogP contribution >= 0.6 is 11.3 Å². The molecule has 9 nitrogen and oxygen atoms in total. The summed E-state index contributed by atoms with van der Waals surface area (Å²) < 4.78 is 5.70. The van der Waals surface area contributed by atoms with Gasteiger partial charge in [0, 0.05) is 31.1 Å². The van der Waals surface area contributed by atoms with Gasteiger partial charge >= 0.3 is 6.09 Å². The zero-order chi connectivity index (χ0) is 27.6. The Labute approximate surface area is 235 Å². The molecule has 3 heterocycles. The van der Waals surface area contributed by atoms with Crippen LogP contribution in [0.3, 0.4) is 0 Å². The summed E-state index contributed by atoms with van der Waals surface area (Å²) in [6.45, 7) is 3.39. The Kier molecular flexibility index (Phi) is 10.8. The van der Waals surface area contributed by atoms with Crippen molar-refractivity contribution in [1.29, 1.82) is 0 Å². The van der Waals surface area contributed by atoms with Crippen molar-refractivity contribution in [2.24, 2.45) is 5.92 Å². The molecule has 0 radical (unpaired) electrons. The summed E-state index contributed by atoms with van der Waals surface area (Å²) >= 11 is 1.59. The standard InChI is InChI=1S/C29H41N5O4S/c1-32(2)15-6-11-23-12-7-16-34(29(37)38-21-22-9-4-3-5-10-22)26(23)28(36)33-17-14-30-20-25(33)27(35)31-19-24-13-8-18-39-24/h3-5,8-10,13,18,23,25-26,30H,6-7,11-12,14-17,19-21H2,1-2H3,(H,31,35). The number of carbonyl (C=O) groups is 3. The minimum absolute atomic E-state index is 0.0141. The molecule has 10 heteroatoms. The van der Waals surface area contributed by atoms with Gasteiger partial charge < -0.3 is 25.2 Å². The lowest BCUT2D eigenvalue weighted by atomic mass is 9.84. The minimum Gasteiger partial charge on any atom is -0.445 e. The lowest BCUT2D eigenvalue weighted by Crippen LogP contribution is -2.65. The van der Waals surface area contributed by atoms with E-state index in [1.54, 1.807) is 21.1 Å². The van der Waals surface area contributed by atoms with Gasteiger partial charge in [0.1, 0.15) is 18.7 Å². The summed E-state index contributed by atoms with van der Waals surface area (Å²) in [5, 5.41) is 8.24. The molecule has 0 saturated carbocycles. The lowest BCUT2D eigenvalue weighted by molar-refractivity contribution is -0.148. The van der Waals surface area contributed by atoms with Crippen LogP contribution in [0.5, 0.6) is 0 Å². The Balaban J connectivity index is 1.50. The average molecular weight is 556 g/mol. The summed E-state index contributed by atoms with van der Waals surface area (Å²) in [5.74, 6) is -0.318. The molecule has 3 unspecified atom stereocenters. The molecule has 0 aliphatic carbocycles. The van der Waals surface area contributed by atoms with Crippen molar-refractivity contribution in [2.45, 2.75) is 50.9 Å². The van der Waals surface area contributed by atoms with Crippen LogP contribution in [0.2, 0.25) is 0 Å². The summed E-state index contributed by atoms with van der Waals surface area (Å²) in [5.41, 5.74) is 0.901. The monoisotopic (exact) mass is 555 g/mol. The Morgan fingerprint density at radius 2 is 1.92 bits per heavy atom. The highest BCUT2D eigenvalue weighted by atomic mass is 32.1. The maximum atomic E-state index is 14.3. The fraction of sp³-hybridized carbons (Fsp3) is 0.552. The van der Waals surface area contributed by atoms with E-state index in [1.807, 2.05) is 61.9 Å². The van der Waals surface area contributed by atoms with Gasteiger partial charge in [-0.15, -0.1) is 11.3 Å². The zero-order valence-corrected chi connectivity index (χ0v) is 23.8. The molecule has 3 amide bonds. The molecule has 2 N–H and O–H groups in total. The first-order chi connectivity index (χ1) is 18.9. The van der Waals surface area contributed by atoms with Crippen LogP contribution in [-0.2, 0) is 27.5 Å². The average Bonchev–Trinajstić information content (AvgIpc) is 3.48. The summed E-state index contributed by atoms with van der Waals surface area (Å²) in [7, 11) is 4.08. The van der Waals surface area contributed by atoms with Crippen LogP contribution in [-0.4, -0.2) is 91.5 Å². The van der Waals surface area contributed by atoms with Crippen molar-refractivity contribution in [3.05, 3.63) is 58.3 Å². The second-order valence-corrected chi connectivity index (χ2v) is 11.6. The molecule has 2 fully saturated rings. The largest absolute Gasteiger partial charge is 0.445 e. The third-order valence-corrected chi connectivity index (χ3v) is 8.35. The molecule has 2 aromatic rings. The molecular formula is C29H41N5O4S. The molecule has 1 aromatic carbocycles. The van der Waals surface area contributed by atoms with Gasteiger partial charge in [-0.05, 0) is 69.3 Å². The van der Waals surface area contributed by atoms with Crippen molar-refractivity contribution < 1.29 is 19.1 Å². The molecule has 0 spiro atoms. The molecule has 0 bridgehead atoms. The number of nitrogens with zero attached hydrogens (tertiary/aromatic N) is 3. The van der Waals surface area contributed by atoms with Gasteiger partial charge in [-0.2, -0.15) is 0 Å². The number of benzene rings is 1. The molecule has 2 aliphatic rings. The van der Waals surface area contributed by atoms with Gasteiger partial charge in [-0.1, -0.05) is 36.4 Å². The first-order valence-electron chi connectivity index (χ1n) is 13.9. The number of hydrogen-bond acceptors (Lipinski definition) is 7. The molecule has 3 atom stereocenters. The third kappa shape index (κ3) is 8.03. The molecule has 1 aromatic heterocycles. The second kappa shape index (κ2) is 14.4. The first-order valence-corrected chi connectivity index (χ1v) is 14.8. The minimum atomic E-state index is -0.644. The molecule has 4 rings (SSSR count). The van der Waals surface area contributed by atoms with Crippen molar-refractivity contribution in [1.82, 2.24) is 25.3 Å². The maximum Gasteiger partial charge on any atom is 0.410 e. The quantitative estimate of drug-likeness (QED) is 0.468.